The van der Waals surface area contributed by atoms with E-state index in [2.05, 4.69) is 39.7 Å². The smallest absolute Gasteiger partial charge is 0.326 e. The number of hydrogen-bond donors (Lipinski definition) is 1. The normalized spacial score (nSPS) is 15.9. The molecule has 162 valence electrons. The molecule has 0 aliphatic carbocycles. The Hall–Kier alpha value is -1.65. The van der Waals surface area contributed by atoms with Gasteiger partial charge in [0, 0.05) is 42.0 Å². The number of carbonyl (C=O) groups excluding carboxylic acids is 1. The molecule has 1 amide bonds. The van der Waals surface area contributed by atoms with Crippen LogP contribution < -0.4 is 5.32 Å². The van der Waals surface area contributed by atoms with Crippen molar-refractivity contribution in [3.8, 4) is 0 Å². The molecule has 0 spiro atoms. The van der Waals surface area contributed by atoms with Crippen molar-refractivity contribution in [3.05, 3.63) is 62.7 Å². The Morgan fingerprint density at radius 2 is 1.77 bits per heavy atom. The molecule has 0 aromatic heterocycles. The zero-order valence-electron chi connectivity index (χ0n) is 16.8. The van der Waals surface area contributed by atoms with Gasteiger partial charge in [0.05, 0.1) is 12.0 Å². The van der Waals surface area contributed by atoms with E-state index >= 15 is 0 Å². The van der Waals surface area contributed by atoms with Gasteiger partial charge in [-0.15, -0.1) is 0 Å². The minimum Gasteiger partial charge on any atom is -0.326 e. The molecule has 0 bridgehead atoms. The highest BCUT2D eigenvalue weighted by Gasteiger charge is 2.34. The molecule has 2 aromatic carbocycles. The van der Waals surface area contributed by atoms with Crippen molar-refractivity contribution in [2.45, 2.75) is 26.1 Å². The first-order valence-corrected chi connectivity index (χ1v) is 11.0. The van der Waals surface area contributed by atoms with Crippen LogP contribution in [0.4, 0.5) is 18.9 Å². The van der Waals surface area contributed by atoms with E-state index in [4.69, 9.17) is 0 Å². The van der Waals surface area contributed by atoms with Crippen LogP contribution in [-0.4, -0.2) is 48.4 Å². The van der Waals surface area contributed by atoms with Crippen molar-refractivity contribution in [3.63, 3.8) is 0 Å². The van der Waals surface area contributed by atoms with E-state index in [0.717, 1.165) is 47.9 Å². The van der Waals surface area contributed by atoms with Gasteiger partial charge in [0.15, 0.2) is 0 Å². The van der Waals surface area contributed by atoms with Gasteiger partial charge in [-0.1, -0.05) is 19.1 Å². The van der Waals surface area contributed by atoms with E-state index in [9.17, 15) is 18.0 Å². The lowest BCUT2D eigenvalue weighted by atomic mass is 10.0. The molecule has 30 heavy (non-hydrogen) atoms. The second-order valence-corrected chi connectivity index (χ2v) is 8.68. The maximum atomic E-state index is 13.5. The third-order valence-electron chi connectivity index (χ3n) is 5.25. The number of amides is 1. The van der Waals surface area contributed by atoms with Crippen LogP contribution in [0, 0.1) is 3.57 Å². The summed E-state index contributed by atoms with van der Waals surface area (Å²) < 4.78 is 41.6. The number of halogens is 4. The molecule has 1 heterocycles. The number of benzene rings is 2. The summed E-state index contributed by atoms with van der Waals surface area (Å²) in [6, 6.07) is 11.4. The third-order valence-corrected chi connectivity index (χ3v) is 5.93. The molecular formula is C22H25F3IN3O. The van der Waals surface area contributed by atoms with Crippen LogP contribution in [0.2, 0.25) is 0 Å². The van der Waals surface area contributed by atoms with E-state index < -0.39 is 11.7 Å². The van der Waals surface area contributed by atoms with E-state index in [1.807, 2.05) is 29.2 Å². The van der Waals surface area contributed by atoms with Crippen LogP contribution in [0.25, 0.3) is 0 Å². The summed E-state index contributed by atoms with van der Waals surface area (Å²) in [6.07, 6.45) is -4.25. The molecule has 0 saturated carbocycles. The molecule has 3 rings (SSSR count). The Morgan fingerprint density at radius 1 is 1.07 bits per heavy atom. The molecular weight excluding hydrogens is 506 g/mol. The van der Waals surface area contributed by atoms with E-state index in [1.165, 1.54) is 12.1 Å². The summed E-state index contributed by atoms with van der Waals surface area (Å²) in [6.45, 7) is 6.41. The number of anilines is 1. The van der Waals surface area contributed by atoms with Gasteiger partial charge in [-0.2, -0.15) is 13.2 Å². The highest BCUT2D eigenvalue weighted by molar-refractivity contribution is 14.1. The molecule has 1 aliphatic heterocycles. The van der Waals surface area contributed by atoms with E-state index in [1.54, 1.807) is 0 Å². The van der Waals surface area contributed by atoms with Crippen LogP contribution in [0.3, 0.4) is 0 Å². The average molecular weight is 531 g/mol. The number of hydrogen-bond acceptors (Lipinski definition) is 3. The Bertz CT molecular complexity index is 880. The Kier molecular flexibility index (Phi) is 7.75. The second-order valence-electron chi connectivity index (χ2n) is 7.43. The third kappa shape index (κ3) is 6.42. The van der Waals surface area contributed by atoms with E-state index in [-0.39, 0.29) is 24.4 Å². The van der Waals surface area contributed by atoms with Crippen LogP contribution in [0.1, 0.15) is 23.6 Å². The minimum atomic E-state index is -4.43. The first kappa shape index (κ1) is 23.0. The van der Waals surface area contributed by atoms with E-state index in [0.29, 0.717) is 5.69 Å². The number of nitrogens with one attached hydrogen (secondary N) is 1. The van der Waals surface area contributed by atoms with Gasteiger partial charge in [-0.25, -0.2) is 0 Å². The molecule has 1 aliphatic rings. The largest absolute Gasteiger partial charge is 0.416 e. The lowest BCUT2D eigenvalue weighted by molar-refractivity contribution is -0.138. The van der Waals surface area contributed by atoms with Gasteiger partial charge in [0.2, 0.25) is 5.91 Å². The standard InChI is InChI=1S/C22H25F3IN3O/c1-2-28-8-10-29(11-9-28)15-17-14-19(6-7-20(17)22(23,24)25)27-21(30)13-16-4-3-5-18(26)12-16/h3-7,12,14H,2,8-11,13,15H2,1H3,(H,27,30). The predicted molar refractivity (Wildman–Crippen MR) is 120 cm³/mol. The first-order valence-electron chi connectivity index (χ1n) is 9.93. The lowest BCUT2D eigenvalue weighted by Gasteiger charge is -2.34. The van der Waals surface area contributed by atoms with Crippen molar-refractivity contribution in [2.24, 2.45) is 0 Å². The second kappa shape index (κ2) is 10.1. The number of carbonyl (C=O) groups is 1. The van der Waals surface area contributed by atoms with Crippen molar-refractivity contribution >= 4 is 34.2 Å². The summed E-state index contributed by atoms with van der Waals surface area (Å²) in [5.74, 6) is -0.251. The molecule has 0 unspecified atom stereocenters. The average Bonchev–Trinajstić information content (AvgIpc) is 2.68. The summed E-state index contributed by atoms with van der Waals surface area (Å²) >= 11 is 2.17. The van der Waals surface area contributed by atoms with Crippen molar-refractivity contribution in [1.82, 2.24) is 9.80 Å². The van der Waals surface area contributed by atoms with Gasteiger partial charge < -0.3 is 10.2 Å². The first-order chi connectivity index (χ1) is 14.2. The van der Waals surface area contributed by atoms with Crippen LogP contribution in [0.15, 0.2) is 42.5 Å². The molecule has 2 aromatic rings. The fourth-order valence-corrected chi connectivity index (χ4v) is 4.23. The van der Waals surface area contributed by atoms with Crippen LogP contribution >= 0.6 is 22.6 Å². The molecule has 8 heteroatoms. The number of piperazine rings is 1. The summed E-state index contributed by atoms with van der Waals surface area (Å²) in [5, 5.41) is 2.75. The van der Waals surface area contributed by atoms with Crippen LogP contribution in [-0.2, 0) is 23.9 Å². The van der Waals surface area contributed by atoms with Gasteiger partial charge in [0.25, 0.3) is 0 Å². The SMILES string of the molecule is CCN1CCN(Cc2cc(NC(=O)Cc3cccc(I)c3)ccc2C(F)(F)F)CC1. The monoisotopic (exact) mass is 531 g/mol. The molecule has 1 N–H and O–H groups in total. The fraction of sp³-hybridized carbons (Fsp3) is 0.409. The zero-order chi connectivity index (χ0) is 21.7. The number of alkyl halides is 3. The summed E-state index contributed by atoms with van der Waals surface area (Å²) in [5.41, 5.74) is 0.802. The molecule has 1 saturated heterocycles. The Balaban J connectivity index is 1.72. The Morgan fingerprint density at radius 3 is 2.40 bits per heavy atom. The highest BCUT2D eigenvalue weighted by Crippen LogP contribution is 2.34. The number of nitrogens with zero attached hydrogens (tertiary/aromatic N) is 2. The summed E-state index contributed by atoms with van der Waals surface area (Å²) in [4.78, 5) is 16.7. The lowest BCUT2D eigenvalue weighted by Crippen LogP contribution is -2.45. The summed E-state index contributed by atoms with van der Waals surface area (Å²) in [7, 11) is 0. The predicted octanol–water partition coefficient (Wildman–Crippen LogP) is 4.63. The van der Waals surface area contributed by atoms with Crippen LogP contribution in [0.5, 0.6) is 0 Å². The zero-order valence-corrected chi connectivity index (χ0v) is 19.0. The molecule has 0 atom stereocenters. The number of rotatable bonds is 6. The maximum Gasteiger partial charge on any atom is 0.416 e. The van der Waals surface area contributed by atoms with Crippen molar-refractivity contribution in [1.29, 1.82) is 0 Å². The van der Waals surface area contributed by atoms with Gasteiger partial charge in [0.1, 0.15) is 0 Å². The maximum absolute atomic E-state index is 13.5. The molecule has 0 radical (unpaired) electrons. The highest BCUT2D eigenvalue weighted by atomic mass is 127. The minimum absolute atomic E-state index is 0.173. The van der Waals surface area contributed by atoms with Gasteiger partial charge in [-0.3, -0.25) is 9.69 Å². The molecule has 4 nitrogen and oxygen atoms in total. The number of likely N-dealkylation sites (N-methyl/N-ethyl adjacent to an activating group) is 1. The quantitative estimate of drug-likeness (QED) is 0.553. The Labute approximate surface area is 188 Å². The van der Waals surface area contributed by atoms with Crippen molar-refractivity contribution in [2.75, 3.05) is 38.0 Å². The van der Waals surface area contributed by atoms with Crippen molar-refractivity contribution < 1.29 is 18.0 Å². The molecule has 1 fully saturated rings. The topological polar surface area (TPSA) is 35.6 Å². The van der Waals surface area contributed by atoms with Gasteiger partial charge in [-0.05, 0) is 70.6 Å². The van der Waals surface area contributed by atoms with Gasteiger partial charge >= 0.3 is 6.18 Å². The fourth-order valence-electron chi connectivity index (χ4n) is 3.62.